The molecule has 20 heavy (non-hydrogen) atoms. The molecule has 0 saturated carbocycles. The Balaban J connectivity index is 2.10. The lowest BCUT2D eigenvalue weighted by Crippen LogP contribution is -1.94. The van der Waals surface area contributed by atoms with E-state index in [1.165, 1.54) is 0 Å². The van der Waals surface area contributed by atoms with Gasteiger partial charge in [-0.2, -0.15) is 4.98 Å². The van der Waals surface area contributed by atoms with Crippen LogP contribution in [0, 0.1) is 0 Å². The van der Waals surface area contributed by atoms with E-state index in [0.29, 0.717) is 28.8 Å². The van der Waals surface area contributed by atoms with Gasteiger partial charge in [-0.3, -0.25) is 0 Å². The maximum atomic E-state index is 5.67. The Hall–Kier alpha value is -2.83. The van der Waals surface area contributed by atoms with Crippen molar-refractivity contribution in [2.24, 2.45) is 0 Å². The fourth-order valence-corrected chi connectivity index (χ4v) is 1.89. The van der Waals surface area contributed by atoms with Crippen LogP contribution in [-0.4, -0.2) is 33.8 Å². The molecule has 0 atom stereocenters. The SMILES string of the molecule is COc1ccc(-c2nc3ncc(N)cn3n2)cc1OC. The van der Waals surface area contributed by atoms with Crippen molar-refractivity contribution in [1.29, 1.82) is 0 Å². The van der Waals surface area contributed by atoms with Gasteiger partial charge in [0, 0.05) is 5.56 Å². The molecule has 0 fully saturated rings. The second-order valence-corrected chi connectivity index (χ2v) is 4.14. The molecule has 0 aliphatic carbocycles. The Kier molecular flexibility index (Phi) is 2.86. The van der Waals surface area contributed by atoms with Gasteiger partial charge in [0.15, 0.2) is 17.3 Å². The van der Waals surface area contributed by atoms with E-state index in [1.807, 2.05) is 18.2 Å². The summed E-state index contributed by atoms with van der Waals surface area (Å²) in [5.74, 6) is 2.31. The van der Waals surface area contributed by atoms with Gasteiger partial charge in [0.1, 0.15) is 0 Å². The Bertz CT molecular complexity index is 769. The third kappa shape index (κ3) is 1.99. The molecule has 0 saturated heterocycles. The number of rotatable bonds is 3. The Morgan fingerprint density at radius 1 is 1.15 bits per heavy atom. The first-order valence-corrected chi connectivity index (χ1v) is 5.91. The molecular weight excluding hydrogens is 258 g/mol. The Morgan fingerprint density at radius 3 is 2.70 bits per heavy atom. The number of methoxy groups -OCH3 is 2. The number of nitrogens with zero attached hydrogens (tertiary/aromatic N) is 4. The quantitative estimate of drug-likeness (QED) is 0.774. The van der Waals surface area contributed by atoms with Crippen LogP contribution in [0.2, 0.25) is 0 Å². The van der Waals surface area contributed by atoms with Crippen molar-refractivity contribution in [3.8, 4) is 22.9 Å². The molecule has 2 N–H and O–H groups in total. The third-order valence-electron chi connectivity index (χ3n) is 2.86. The van der Waals surface area contributed by atoms with E-state index in [0.717, 1.165) is 5.56 Å². The molecule has 3 aromatic rings. The van der Waals surface area contributed by atoms with Gasteiger partial charge in [-0.1, -0.05) is 0 Å². The van der Waals surface area contributed by atoms with Crippen molar-refractivity contribution in [2.75, 3.05) is 20.0 Å². The lowest BCUT2D eigenvalue weighted by molar-refractivity contribution is 0.355. The third-order valence-corrected chi connectivity index (χ3v) is 2.86. The van der Waals surface area contributed by atoms with Gasteiger partial charge >= 0.3 is 0 Å². The minimum atomic E-state index is 0.490. The number of hydrogen-bond acceptors (Lipinski definition) is 6. The minimum absolute atomic E-state index is 0.490. The number of nitrogen functional groups attached to an aromatic ring is 1. The van der Waals surface area contributed by atoms with Crippen LogP contribution in [0.3, 0.4) is 0 Å². The van der Waals surface area contributed by atoms with Crippen LogP contribution in [0.15, 0.2) is 30.6 Å². The molecule has 0 aliphatic rings. The van der Waals surface area contributed by atoms with Crippen molar-refractivity contribution in [2.45, 2.75) is 0 Å². The highest BCUT2D eigenvalue weighted by molar-refractivity contribution is 5.62. The topological polar surface area (TPSA) is 87.6 Å². The molecule has 2 heterocycles. The second-order valence-electron chi connectivity index (χ2n) is 4.14. The average molecular weight is 271 g/mol. The maximum absolute atomic E-state index is 5.67. The largest absolute Gasteiger partial charge is 0.493 e. The standard InChI is InChI=1S/C13H13N5O2/c1-19-10-4-3-8(5-11(10)20-2)12-16-13-15-6-9(14)7-18(13)17-12/h3-7H,14H2,1-2H3. The Morgan fingerprint density at radius 2 is 1.95 bits per heavy atom. The first kappa shape index (κ1) is 12.2. The summed E-state index contributed by atoms with van der Waals surface area (Å²) in [6, 6.07) is 5.48. The van der Waals surface area contributed by atoms with Gasteiger partial charge in [-0.25, -0.2) is 9.50 Å². The maximum Gasteiger partial charge on any atom is 0.252 e. The van der Waals surface area contributed by atoms with E-state index in [-0.39, 0.29) is 0 Å². The number of nitrogens with two attached hydrogens (primary N) is 1. The monoisotopic (exact) mass is 271 g/mol. The van der Waals surface area contributed by atoms with Gasteiger partial charge in [0.2, 0.25) is 0 Å². The smallest absolute Gasteiger partial charge is 0.252 e. The summed E-state index contributed by atoms with van der Waals surface area (Å²) in [5, 5.41) is 4.34. The summed E-state index contributed by atoms with van der Waals surface area (Å²) in [4.78, 5) is 8.46. The predicted molar refractivity (Wildman–Crippen MR) is 73.7 cm³/mol. The van der Waals surface area contributed by atoms with E-state index in [2.05, 4.69) is 15.1 Å². The van der Waals surface area contributed by atoms with Gasteiger partial charge in [-0.15, -0.1) is 5.10 Å². The zero-order valence-electron chi connectivity index (χ0n) is 11.1. The molecule has 7 nitrogen and oxygen atoms in total. The van der Waals surface area contributed by atoms with Crippen molar-refractivity contribution >= 4 is 11.5 Å². The summed E-state index contributed by atoms with van der Waals surface area (Å²) in [5.41, 5.74) is 7.01. The molecule has 0 unspecified atom stereocenters. The van der Waals surface area contributed by atoms with Crippen molar-refractivity contribution in [1.82, 2.24) is 19.6 Å². The molecule has 102 valence electrons. The van der Waals surface area contributed by atoms with E-state index in [1.54, 1.807) is 31.1 Å². The molecule has 0 radical (unpaired) electrons. The van der Waals surface area contributed by atoms with E-state index < -0.39 is 0 Å². The lowest BCUT2D eigenvalue weighted by Gasteiger charge is -2.07. The highest BCUT2D eigenvalue weighted by atomic mass is 16.5. The van der Waals surface area contributed by atoms with Crippen molar-refractivity contribution in [3.05, 3.63) is 30.6 Å². The number of anilines is 1. The molecule has 1 aromatic carbocycles. The molecule has 0 amide bonds. The predicted octanol–water partition coefficient (Wildman–Crippen LogP) is 1.39. The fourth-order valence-electron chi connectivity index (χ4n) is 1.89. The summed E-state index contributed by atoms with van der Waals surface area (Å²) in [6.45, 7) is 0. The Labute approximate surface area is 115 Å². The van der Waals surface area contributed by atoms with E-state index >= 15 is 0 Å². The van der Waals surface area contributed by atoms with Crippen LogP contribution >= 0.6 is 0 Å². The van der Waals surface area contributed by atoms with Crippen molar-refractivity contribution in [3.63, 3.8) is 0 Å². The number of hydrogen-bond donors (Lipinski definition) is 1. The molecule has 2 aromatic heterocycles. The summed E-state index contributed by atoms with van der Waals surface area (Å²) in [7, 11) is 3.17. The van der Waals surface area contributed by atoms with E-state index in [9.17, 15) is 0 Å². The number of aromatic nitrogens is 4. The van der Waals surface area contributed by atoms with Gasteiger partial charge in [0.25, 0.3) is 5.78 Å². The molecule has 0 spiro atoms. The first-order chi connectivity index (χ1) is 9.71. The first-order valence-electron chi connectivity index (χ1n) is 5.91. The molecule has 7 heteroatoms. The number of ether oxygens (including phenoxy) is 2. The van der Waals surface area contributed by atoms with Crippen LogP contribution in [0.5, 0.6) is 11.5 Å². The summed E-state index contributed by atoms with van der Waals surface area (Å²) in [6.07, 6.45) is 3.21. The van der Waals surface area contributed by atoms with Crippen LogP contribution in [0.25, 0.3) is 17.2 Å². The highest BCUT2D eigenvalue weighted by Crippen LogP contribution is 2.31. The zero-order valence-corrected chi connectivity index (χ0v) is 11.1. The highest BCUT2D eigenvalue weighted by Gasteiger charge is 2.11. The molecule has 3 rings (SSSR count). The second kappa shape index (κ2) is 4.69. The summed E-state index contributed by atoms with van der Waals surface area (Å²) < 4.78 is 12.0. The van der Waals surface area contributed by atoms with Gasteiger partial charge < -0.3 is 15.2 Å². The number of fused-ring (bicyclic) bond motifs is 1. The average Bonchev–Trinajstić information content (AvgIpc) is 2.89. The van der Waals surface area contributed by atoms with Crippen LogP contribution in [0.4, 0.5) is 5.69 Å². The molecular formula is C13H13N5O2. The van der Waals surface area contributed by atoms with Gasteiger partial charge in [0.05, 0.1) is 32.3 Å². The van der Waals surface area contributed by atoms with Crippen LogP contribution in [0.1, 0.15) is 0 Å². The van der Waals surface area contributed by atoms with Crippen LogP contribution in [-0.2, 0) is 0 Å². The van der Waals surface area contributed by atoms with E-state index in [4.69, 9.17) is 15.2 Å². The number of benzene rings is 1. The fraction of sp³-hybridized carbons (Fsp3) is 0.154. The molecule has 0 aliphatic heterocycles. The van der Waals surface area contributed by atoms with Crippen molar-refractivity contribution < 1.29 is 9.47 Å². The zero-order chi connectivity index (χ0) is 14.1. The summed E-state index contributed by atoms with van der Waals surface area (Å²) >= 11 is 0. The normalized spacial score (nSPS) is 10.7. The van der Waals surface area contributed by atoms with Crippen LogP contribution < -0.4 is 15.2 Å². The minimum Gasteiger partial charge on any atom is -0.493 e. The molecule has 0 bridgehead atoms. The van der Waals surface area contributed by atoms with Gasteiger partial charge in [-0.05, 0) is 18.2 Å². The lowest BCUT2D eigenvalue weighted by atomic mass is 10.2.